The molecule has 0 spiro atoms. The van der Waals surface area contributed by atoms with Gasteiger partial charge in [-0.1, -0.05) is 103 Å². The van der Waals surface area contributed by atoms with E-state index in [1.165, 1.54) is 89.9 Å². The van der Waals surface area contributed by atoms with Crippen LogP contribution in [-0.4, -0.2) is 19.9 Å². The Balaban J connectivity index is 1.51. The summed E-state index contributed by atoms with van der Waals surface area (Å²) in [4.78, 5) is 26.9. The first kappa shape index (κ1) is 26.1. The summed E-state index contributed by atoms with van der Waals surface area (Å²) in [6.07, 6.45) is 22.1. The van der Waals surface area contributed by atoms with Gasteiger partial charge in [0.15, 0.2) is 5.52 Å². The Morgan fingerprint density at radius 1 is 0.645 bits per heavy atom. The maximum atomic E-state index is 12.0. The van der Waals surface area contributed by atoms with Gasteiger partial charge in [-0.25, -0.2) is 15.0 Å². The minimum Gasteiger partial charge on any atom is -0.295 e. The lowest BCUT2D eigenvalue weighted by molar-refractivity contribution is 0.529. The third kappa shape index (κ3) is 10.3. The summed E-state index contributed by atoms with van der Waals surface area (Å²) in [6, 6.07) is 0. The molecular formula is C24H38Cl2N4O. The van der Waals surface area contributed by atoms with Crippen molar-refractivity contribution in [2.75, 3.05) is 0 Å². The Bertz CT molecular complexity index is 825. The van der Waals surface area contributed by atoms with Gasteiger partial charge in [0.25, 0.3) is 5.56 Å². The minimum absolute atomic E-state index is 0.0525. The van der Waals surface area contributed by atoms with Crippen molar-refractivity contribution in [1.29, 1.82) is 0 Å². The van der Waals surface area contributed by atoms with Crippen LogP contribution in [0.15, 0.2) is 4.79 Å². The van der Waals surface area contributed by atoms with Gasteiger partial charge in [0, 0.05) is 0 Å². The summed E-state index contributed by atoms with van der Waals surface area (Å²) in [5.41, 5.74) is 0.982. The fraction of sp³-hybridized carbons (Fsp3) is 0.750. The number of halogens is 2. The zero-order chi connectivity index (χ0) is 22.3. The van der Waals surface area contributed by atoms with E-state index in [9.17, 15) is 4.79 Å². The molecule has 0 amide bonds. The maximum Gasteiger partial charge on any atom is 0.278 e. The van der Waals surface area contributed by atoms with Gasteiger partial charge in [-0.05, 0) is 36.0 Å². The second-order valence-corrected chi connectivity index (χ2v) is 9.24. The monoisotopic (exact) mass is 468 g/mol. The molecule has 1 N–H and O–H groups in total. The minimum atomic E-state index is -0.382. The quantitative estimate of drug-likeness (QED) is 0.189. The molecule has 0 fully saturated rings. The van der Waals surface area contributed by atoms with Crippen LogP contribution in [0.25, 0.3) is 11.0 Å². The lowest BCUT2D eigenvalue weighted by atomic mass is 10.0. The summed E-state index contributed by atoms with van der Waals surface area (Å²) in [5, 5.41) is 0.130. The molecule has 0 saturated heterocycles. The van der Waals surface area contributed by atoms with Crippen LogP contribution in [0.1, 0.15) is 115 Å². The van der Waals surface area contributed by atoms with Crippen LogP contribution in [0, 0.1) is 0 Å². The second-order valence-electron chi connectivity index (χ2n) is 8.55. The molecule has 0 aliphatic heterocycles. The maximum absolute atomic E-state index is 12.0. The molecule has 0 bridgehead atoms. The number of fused-ring (bicyclic) bond motifs is 1. The SMILES string of the molecule is CCCCCCCCCCCCCCCCCCc1nc(Cl)nc2c(=O)[nH]c(Cl)nc12. The van der Waals surface area contributed by atoms with Crippen LogP contribution >= 0.6 is 23.2 Å². The molecule has 0 aliphatic rings. The number of hydrogen-bond acceptors (Lipinski definition) is 4. The van der Waals surface area contributed by atoms with E-state index in [1.54, 1.807) is 0 Å². The van der Waals surface area contributed by atoms with Gasteiger partial charge >= 0.3 is 0 Å². The van der Waals surface area contributed by atoms with Crippen molar-refractivity contribution in [2.24, 2.45) is 0 Å². The van der Waals surface area contributed by atoms with Crippen molar-refractivity contribution in [1.82, 2.24) is 19.9 Å². The van der Waals surface area contributed by atoms with Gasteiger partial charge in [-0.2, -0.15) is 0 Å². The lowest BCUT2D eigenvalue weighted by Crippen LogP contribution is -2.12. The average Bonchev–Trinajstić information content (AvgIpc) is 2.74. The van der Waals surface area contributed by atoms with Crippen LogP contribution < -0.4 is 5.56 Å². The molecular weight excluding hydrogens is 431 g/mol. The molecule has 0 saturated carbocycles. The fourth-order valence-electron chi connectivity index (χ4n) is 4.04. The zero-order valence-corrected chi connectivity index (χ0v) is 20.5. The molecule has 2 aromatic heterocycles. The van der Waals surface area contributed by atoms with E-state index in [0.29, 0.717) is 11.2 Å². The molecule has 174 valence electrons. The van der Waals surface area contributed by atoms with Crippen molar-refractivity contribution < 1.29 is 0 Å². The molecule has 0 aliphatic carbocycles. The topological polar surface area (TPSA) is 71.5 Å². The first-order valence-electron chi connectivity index (χ1n) is 12.2. The van der Waals surface area contributed by atoms with Gasteiger partial charge in [0.2, 0.25) is 10.6 Å². The Morgan fingerprint density at radius 2 is 1.13 bits per heavy atom. The van der Waals surface area contributed by atoms with Crippen molar-refractivity contribution in [2.45, 2.75) is 116 Å². The van der Waals surface area contributed by atoms with Crippen molar-refractivity contribution in [3.8, 4) is 0 Å². The number of hydrogen-bond donors (Lipinski definition) is 1. The van der Waals surface area contributed by atoms with E-state index < -0.39 is 0 Å². The molecule has 5 nitrogen and oxygen atoms in total. The number of aromatic nitrogens is 4. The molecule has 2 aromatic rings. The van der Waals surface area contributed by atoms with Gasteiger partial charge in [-0.15, -0.1) is 0 Å². The van der Waals surface area contributed by atoms with Crippen LogP contribution in [0.4, 0.5) is 0 Å². The molecule has 7 heteroatoms. The van der Waals surface area contributed by atoms with Crippen molar-refractivity contribution in [3.05, 3.63) is 26.6 Å². The largest absolute Gasteiger partial charge is 0.295 e. The van der Waals surface area contributed by atoms with Crippen molar-refractivity contribution >= 4 is 34.2 Å². The van der Waals surface area contributed by atoms with Crippen LogP contribution in [-0.2, 0) is 6.42 Å². The Labute approximate surface area is 196 Å². The molecule has 2 rings (SSSR count). The van der Waals surface area contributed by atoms with E-state index in [-0.39, 0.29) is 21.6 Å². The van der Waals surface area contributed by atoms with E-state index >= 15 is 0 Å². The highest BCUT2D eigenvalue weighted by atomic mass is 35.5. The number of H-pyrrole nitrogens is 1. The number of nitrogens with one attached hydrogen (secondary N) is 1. The molecule has 0 radical (unpaired) electrons. The molecule has 0 aromatic carbocycles. The van der Waals surface area contributed by atoms with Gasteiger partial charge in [0.1, 0.15) is 5.52 Å². The predicted molar refractivity (Wildman–Crippen MR) is 131 cm³/mol. The summed E-state index contributed by atoms with van der Waals surface area (Å²) < 4.78 is 0. The highest BCUT2D eigenvalue weighted by Gasteiger charge is 2.12. The zero-order valence-electron chi connectivity index (χ0n) is 19.0. The molecule has 2 heterocycles. The number of nitrogens with zero attached hydrogens (tertiary/aromatic N) is 3. The first-order valence-corrected chi connectivity index (χ1v) is 13.0. The second kappa shape index (κ2) is 15.6. The number of unbranched alkanes of at least 4 members (excludes halogenated alkanes) is 15. The lowest BCUT2D eigenvalue weighted by Gasteiger charge is -2.06. The first-order chi connectivity index (χ1) is 15.1. The van der Waals surface area contributed by atoms with Crippen LogP contribution in [0.2, 0.25) is 10.6 Å². The van der Waals surface area contributed by atoms with Crippen LogP contribution in [0.5, 0.6) is 0 Å². The highest BCUT2D eigenvalue weighted by molar-refractivity contribution is 6.29. The van der Waals surface area contributed by atoms with Crippen LogP contribution in [0.3, 0.4) is 0 Å². The third-order valence-electron chi connectivity index (χ3n) is 5.84. The van der Waals surface area contributed by atoms with Gasteiger partial charge in [-0.3, -0.25) is 9.78 Å². The van der Waals surface area contributed by atoms with Gasteiger partial charge < -0.3 is 0 Å². The Morgan fingerprint density at radius 3 is 1.65 bits per heavy atom. The smallest absolute Gasteiger partial charge is 0.278 e. The third-order valence-corrected chi connectivity index (χ3v) is 6.19. The standard InChI is InChI=1S/C24H38Cl2N4O/c1-2-3-4-5-6-7-8-9-10-11-12-13-14-15-16-17-18-19-20-21(29-23(25)27-19)22(31)30-24(26)28-20/h2-18H2,1H3,(H,28,30,31). The molecule has 0 atom stereocenters. The number of rotatable bonds is 17. The Kier molecular flexibility index (Phi) is 13.1. The van der Waals surface area contributed by atoms with E-state index in [4.69, 9.17) is 23.2 Å². The summed E-state index contributed by atoms with van der Waals surface area (Å²) >= 11 is 11.9. The number of aryl methyl sites for hydroxylation is 1. The summed E-state index contributed by atoms with van der Waals surface area (Å²) in [7, 11) is 0. The highest BCUT2D eigenvalue weighted by Crippen LogP contribution is 2.18. The Hall–Kier alpha value is -1.20. The summed E-state index contributed by atoms with van der Waals surface area (Å²) in [5.74, 6) is 0. The van der Waals surface area contributed by atoms with E-state index in [1.807, 2.05) is 0 Å². The average molecular weight is 470 g/mol. The molecule has 0 unspecified atom stereocenters. The van der Waals surface area contributed by atoms with E-state index in [2.05, 4.69) is 26.9 Å². The molecule has 31 heavy (non-hydrogen) atoms. The van der Waals surface area contributed by atoms with E-state index in [0.717, 1.165) is 19.3 Å². The summed E-state index contributed by atoms with van der Waals surface area (Å²) in [6.45, 7) is 2.27. The fourth-order valence-corrected chi connectivity index (χ4v) is 4.40. The normalized spacial score (nSPS) is 11.5. The predicted octanol–water partition coefficient (Wildman–Crippen LogP) is 7.82. The van der Waals surface area contributed by atoms with Crippen molar-refractivity contribution in [3.63, 3.8) is 0 Å². The number of aromatic amines is 1. The van der Waals surface area contributed by atoms with Gasteiger partial charge in [0.05, 0.1) is 5.69 Å².